The van der Waals surface area contributed by atoms with Crippen LogP contribution in [0.4, 0.5) is 5.69 Å². The predicted molar refractivity (Wildman–Crippen MR) is 117 cm³/mol. The number of benzene rings is 2. The van der Waals surface area contributed by atoms with Crippen LogP contribution in [0.15, 0.2) is 60.7 Å². The van der Waals surface area contributed by atoms with E-state index in [1.54, 1.807) is 4.90 Å². The van der Waals surface area contributed by atoms with Crippen LogP contribution in [0.1, 0.15) is 40.6 Å². The van der Waals surface area contributed by atoms with Crippen LogP contribution in [0.2, 0.25) is 0 Å². The zero-order chi connectivity index (χ0) is 19.3. The molecule has 0 atom stereocenters. The summed E-state index contributed by atoms with van der Waals surface area (Å²) in [5.74, 6) is -0.118. The Morgan fingerprint density at radius 2 is 1.69 bits per heavy atom. The maximum atomic E-state index is 13.5. The summed E-state index contributed by atoms with van der Waals surface area (Å²) < 4.78 is 1.93. The fraction of sp³-hybridized carbons (Fsp3) is 0.318. The summed E-state index contributed by atoms with van der Waals surface area (Å²) in [6, 6.07) is 20.1. The number of hydrogen-bond donors (Lipinski definition) is 1. The lowest BCUT2D eigenvalue weighted by Crippen LogP contribution is -2.32. The molecular weight excluding hydrogens is 386 g/mol. The van der Waals surface area contributed by atoms with Crippen molar-refractivity contribution in [2.24, 2.45) is 0 Å². The molecule has 0 saturated carbocycles. The van der Waals surface area contributed by atoms with Gasteiger partial charge in [0.25, 0.3) is 5.91 Å². The van der Waals surface area contributed by atoms with Crippen LogP contribution < -0.4 is 10.2 Å². The van der Waals surface area contributed by atoms with Crippen LogP contribution in [-0.4, -0.2) is 34.0 Å². The van der Waals surface area contributed by atoms with E-state index in [1.807, 2.05) is 72.3 Å². The van der Waals surface area contributed by atoms with Crippen molar-refractivity contribution < 1.29 is 4.79 Å². The molecule has 0 aliphatic carbocycles. The highest BCUT2D eigenvalue weighted by molar-refractivity contribution is 6.05. The van der Waals surface area contributed by atoms with Crippen LogP contribution in [0.3, 0.4) is 0 Å². The van der Waals surface area contributed by atoms with Gasteiger partial charge in [0.2, 0.25) is 0 Å². The van der Waals surface area contributed by atoms with E-state index < -0.39 is 0 Å². The lowest BCUT2D eigenvalue weighted by Gasteiger charge is -2.24. The van der Waals surface area contributed by atoms with Crippen molar-refractivity contribution in [1.29, 1.82) is 0 Å². The summed E-state index contributed by atoms with van der Waals surface area (Å²) in [6.45, 7) is 4.37. The van der Waals surface area contributed by atoms with E-state index in [0.29, 0.717) is 18.3 Å². The van der Waals surface area contributed by atoms with Gasteiger partial charge in [-0.05, 0) is 50.6 Å². The van der Waals surface area contributed by atoms with Gasteiger partial charge in [0.15, 0.2) is 5.69 Å². The first kappa shape index (κ1) is 21.0. The van der Waals surface area contributed by atoms with Gasteiger partial charge in [-0.25, -0.2) is 4.68 Å². The third-order valence-corrected chi connectivity index (χ3v) is 5.28. The fourth-order valence-corrected chi connectivity index (χ4v) is 3.72. The number of nitrogens with zero attached hydrogens (tertiary/aromatic N) is 4. The summed E-state index contributed by atoms with van der Waals surface area (Å²) in [7, 11) is 0. The maximum absolute atomic E-state index is 13.5. The Bertz CT molecular complexity index is 923. The third-order valence-electron chi connectivity index (χ3n) is 5.28. The van der Waals surface area contributed by atoms with E-state index in [-0.39, 0.29) is 18.3 Å². The lowest BCUT2D eigenvalue weighted by molar-refractivity contribution is 0.0979. The van der Waals surface area contributed by atoms with E-state index in [4.69, 9.17) is 0 Å². The summed E-state index contributed by atoms with van der Waals surface area (Å²) in [6.07, 6.45) is 2.01. The van der Waals surface area contributed by atoms with Crippen LogP contribution in [0, 0.1) is 6.92 Å². The number of aromatic nitrogens is 3. The number of anilines is 1. The molecule has 1 N–H and O–H groups in total. The molecule has 1 fully saturated rings. The molecule has 152 valence electrons. The Morgan fingerprint density at radius 1 is 1.07 bits per heavy atom. The molecule has 29 heavy (non-hydrogen) atoms. The number of piperidine rings is 1. The number of amides is 1. The first-order valence-corrected chi connectivity index (χ1v) is 9.77. The Kier molecular flexibility index (Phi) is 7.01. The van der Waals surface area contributed by atoms with E-state index in [1.165, 1.54) is 0 Å². The molecule has 4 rings (SSSR count). The number of rotatable bonds is 5. The van der Waals surface area contributed by atoms with Crippen LogP contribution in [0.5, 0.6) is 0 Å². The van der Waals surface area contributed by atoms with Crippen molar-refractivity contribution in [2.75, 3.05) is 18.0 Å². The number of carbonyl (C=O) groups excluding carboxylic acids is 1. The van der Waals surface area contributed by atoms with E-state index >= 15 is 0 Å². The highest BCUT2D eigenvalue weighted by atomic mass is 35.5. The van der Waals surface area contributed by atoms with Gasteiger partial charge in [0, 0.05) is 5.69 Å². The smallest absolute Gasteiger partial charge is 0.281 e. The summed E-state index contributed by atoms with van der Waals surface area (Å²) in [5.41, 5.74) is 3.19. The molecule has 2 aromatic carbocycles. The molecule has 2 heterocycles. The largest absolute Gasteiger partial charge is 0.317 e. The Hall–Kier alpha value is -2.70. The summed E-state index contributed by atoms with van der Waals surface area (Å²) >= 11 is 0. The normalized spacial score (nSPS) is 14.2. The van der Waals surface area contributed by atoms with E-state index in [2.05, 4.69) is 15.6 Å². The van der Waals surface area contributed by atoms with Crippen molar-refractivity contribution in [3.05, 3.63) is 77.6 Å². The molecule has 1 saturated heterocycles. The van der Waals surface area contributed by atoms with E-state index in [9.17, 15) is 4.79 Å². The van der Waals surface area contributed by atoms with E-state index in [0.717, 1.165) is 42.9 Å². The second kappa shape index (κ2) is 9.67. The van der Waals surface area contributed by atoms with Crippen molar-refractivity contribution in [2.45, 2.75) is 32.4 Å². The van der Waals surface area contributed by atoms with Gasteiger partial charge >= 0.3 is 0 Å². The molecule has 1 aliphatic rings. The molecule has 1 amide bonds. The Morgan fingerprint density at radius 3 is 2.34 bits per heavy atom. The number of halogens is 1. The minimum Gasteiger partial charge on any atom is -0.317 e. The average molecular weight is 412 g/mol. The van der Waals surface area contributed by atoms with Gasteiger partial charge < -0.3 is 10.2 Å². The average Bonchev–Trinajstić information content (AvgIpc) is 3.15. The first-order chi connectivity index (χ1) is 13.7. The SMILES string of the molecule is Cc1c(C(=O)N(Cc2ccccc2)c2ccccc2)nnn1C1CCNCC1.Cl. The molecule has 1 aromatic heterocycles. The van der Waals surface area contributed by atoms with Crippen LogP contribution in [-0.2, 0) is 6.54 Å². The molecule has 6 nitrogen and oxygen atoms in total. The maximum Gasteiger partial charge on any atom is 0.281 e. The molecule has 0 bridgehead atoms. The molecule has 0 radical (unpaired) electrons. The quantitative estimate of drug-likeness (QED) is 0.694. The number of nitrogens with one attached hydrogen (secondary N) is 1. The van der Waals surface area contributed by atoms with Gasteiger partial charge in [-0.15, -0.1) is 17.5 Å². The standard InChI is InChI=1S/C22H25N5O.ClH/c1-17-21(24-25-27(17)20-12-14-23-15-13-20)22(28)26(19-10-6-3-7-11-19)16-18-8-4-2-5-9-18;/h2-11,20,23H,12-16H2,1H3;1H. The fourth-order valence-electron chi connectivity index (χ4n) is 3.72. The topological polar surface area (TPSA) is 63.1 Å². The second-order valence-electron chi connectivity index (χ2n) is 7.16. The lowest BCUT2D eigenvalue weighted by atomic mass is 10.1. The summed E-state index contributed by atoms with van der Waals surface area (Å²) in [4.78, 5) is 15.2. The van der Waals surface area contributed by atoms with Crippen molar-refractivity contribution in [3.63, 3.8) is 0 Å². The Labute approximate surface area is 177 Å². The minimum atomic E-state index is -0.118. The number of hydrogen-bond acceptors (Lipinski definition) is 4. The zero-order valence-corrected chi connectivity index (χ0v) is 17.3. The van der Waals surface area contributed by atoms with Crippen LogP contribution in [0.25, 0.3) is 0 Å². The molecule has 1 aliphatic heterocycles. The molecule has 7 heteroatoms. The van der Waals surface area contributed by atoms with Crippen molar-refractivity contribution in [1.82, 2.24) is 20.3 Å². The van der Waals surface area contributed by atoms with Gasteiger partial charge in [-0.2, -0.15) is 0 Å². The summed E-state index contributed by atoms with van der Waals surface area (Å²) in [5, 5.41) is 12.0. The highest BCUT2D eigenvalue weighted by Crippen LogP contribution is 2.24. The van der Waals surface area contributed by atoms with Gasteiger partial charge in [0.05, 0.1) is 18.3 Å². The zero-order valence-electron chi connectivity index (χ0n) is 16.5. The molecule has 0 spiro atoms. The van der Waals surface area contributed by atoms with Gasteiger partial charge in [-0.3, -0.25) is 4.79 Å². The minimum absolute atomic E-state index is 0. The predicted octanol–water partition coefficient (Wildman–Crippen LogP) is 3.78. The van der Waals surface area contributed by atoms with Crippen molar-refractivity contribution >= 4 is 24.0 Å². The highest BCUT2D eigenvalue weighted by Gasteiger charge is 2.27. The molecule has 3 aromatic rings. The molecular formula is C22H26ClN5O. The van der Waals surface area contributed by atoms with Gasteiger partial charge in [-0.1, -0.05) is 53.7 Å². The third kappa shape index (κ3) is 4.66. The molecule has 0 unspecified atom stereocenters. The first-order valence-electron chi connectivity index (χ1n) is 9.77. The monoisotopic (exact) mass is 411 g/mol. The van der Waals surface area contributed by atoms with Crippen molar-refractivity contribution in [3.8, 4) is 0 Å². The second-order valence-corrected chi connectivity index (χ2v) is 7.16. The number of para-hydroxylation sites is 1. The Balaban J connectivity index is 0.00000240. The number of carbonyl (C=O) groups is 1. The van der Waals surface area contributed by atoms with Crippen LogP contribution >= 0.6 is 12.4 Å². The van der Waals surface area contributed by atoms with Gasteiger partial charge in [0.1, 0.15) is 0 Å².